The summed E-state index contributed by atoms with van der Waals surface area (Å²) >= 11 is 0. The molecule has 0 amide bonds. The number of aliphatic hydroxyl groups is 1. The lowest BCUT2D eigenvalue weighted by molar-refractivity contribution is -0.137. The number of phenols is 1. The first kappa shape index (κ1) is 23.5. The Labute approximate surface area is 164 Å². The number of benzene rings is 1. The van der Waals surface area contributed by atoms with Crippen molar-refractivity contribution >= 4 is 5.97 Å². The van der Waals surface area contributed by atoms with Crippen molar-refractivity contribution in [1.29, 1.82) is 0 Å². The van der Waals surface area contributed by atoms with Gasteiger partial charge in [0.05, 0.1) is 6.42 Å². The lowest BCUT2D eigenvalue weighted by atomic mass is 9.76. The number of rotatable bonds is 9. The van der Waals surface area contributed by atoms with Gasteiger partial charge in [0.2, 0.25) is 0 Å². The van der Waals surface area contributed by atoms with Gasteiger partial charge in [-0.2, -0.15) is 0 Å². The molecule has 1 rings (SSSR count). The Kier molecular flexibility index (Phi) is 8.34. The van der Waals surface area contributed by atoms with Crippen LogP contribution in [0.3, 0.4) is 0 Å². The maximum atomic E-state index is 11.5. The number of hydrogen-bond donors (Lipinski definition) is 3. The molecule has 0 aliphatic carbocycles. The molecule has 0 radical (unpaired) electrons. The topological polar surface area (TPSA) is 77.8 Å². The zero-order valence-electron chi connectivity index (χ0n) is 17.9. The van der Waals surface area contributed by atoms with E-state index < -0.39 is 5.97 Å². The molecule has 4 heteroatoms. The quantitative estimate of drug-likeness (QED) is 0.497. The van der Waals surface area contributed by atoms with E-state index in [0.29, 0.717) is 5.75 Å². The second-order valence-corrected chi connectivity index (χ2v) is 9.69. The maximum absolute atomic E-state index is 11.5. The van der Waals surface area contributed by atoms with Gasteiger partial charge < -0.3 is 15.3 Å². The molecule has 27 heavy (non-hydrogen) atoms. The van der Waals surface area contributed by atoms with Crippen LogP contribution in [0.25, 0.3) is 0 Å². The third kappa shape index (κ3) is 7.17. The maximum Gasteiger partial charge on any atom is 0.303 e. The summed E-state index contributed by atoms with van der Waals surface area (Å²) in [6.45, 7) is 12.6. The summed E-state index contributed by atoms with van der Waals surface area (Å²) in [5.74, 6) is -0.534. The summed E-state index contributed by atoms with van der Waals surface area (Å²) in [7, 11) is 0. The van der Waals surface area contributed by atoms with E-state index in [9.17, 15) is 15.0 Å². The Morgan fingerprint density at radius 1 is 0.926 bits per heavy atom. The molecule has 0 saturated heterocycles. The average molecular weight is 379 g/mol. The SMILES string of the molecule is CC(C)(C)c1cc(C(CCCCCCO)CC(=O)O)cc(C(C)(C)C)c1O. The molecule has 0 fully saturated rings. The smallest absolute Gasteiger partial charge is 0.303 e. The summed E-state index contributed by atoms with van der Waals surface area (Å²) in [5, 5.41) is 29.2. The van der Waals surface area contributed by atoms with Crippen LogP contribution >= 0.6 is 0 Å². The minimum absolute atomic E-state index is 0.0700. The van der Waals surface area contributed by atoms with Crippen LogP contribution in [0.5, 0.6) is 5.75 Å². The molecular weight excluding hydrogens is 340 g/mol. The van der Waals surface area contributed by atoms with Crippen LogP contribution in [-0.2, 0) is 15.6 Å². The van der Waals surface area contributed by atoms with Crippen LogP contribution in [0.4, 0.5) is 0 Å². The van der Waals surface area contributed by atoms with E-state index in [2.05, 4.69) is 41.5 Å². The molecule has 0 aliphatic heterocycles. The lowest BCUT2D eigenvalue weighted by Gasteiger charge is -2.30. The zero-order valence-corrected chi connectivity index (χ0v) is 17.9. The molecule has 1 atom stereocenters. The van der Waals surface area contributed by atoms with E-state index >= 15 is 0 Å². The molecule has 0 aliphatic rings. The van der Waals surface area contributed by atoms with Crippen LogP contribution in [0.15, 0.2) is 12.1 Å². The highest BCUT2D eigenvalue weighted by Crippen LogP contribution is 2.42. The van der Waals surface area contributed by atoms with Crippen molar-refractivity contribution < 1.29 is 20.1 Å². The standard InChI is InChI=1S/C23H38O4/c1-22(2,3)18-13-17(14-19(21(18)27)23(4,5)6)16(15-20(25)26)11-9-7-8-10-12-24/h13-14,16,24,27H,7-12,15H2,1-6H3,(H,25,26). The molecular formula is C23H38O4. The van der Waals surface area contributed by atoms with Gasteiger partial charge in [0.1, 0.15) is 5.75 Å². The average Bonchev–Trinajstić information content (AvgIpc) is 2.51. The van der Waals surface area contributed by atoms with Gasteiger partial charge in [-0.15, -0.1) is 0 Å². The number of phenolic OH excluding ortho intramolecular Hbond substituents is 1. The van der Waals surface area contributed by atoms with Crippen molar-refractivity contribution in [3.05, 3.63) is 28.8 Å². The molecule has 3 N–H and O–H groups in total. The monoisotopic (exact) mass is 378 g/mol. The Morgan fingerprint density at radius 3 is 1.81 bits per heavy atom. The first-order chi connectivity index (χ1) is 12.4. The molecule has 0 bridgehead atoms. The zero-order chi connectivity index (χ0) is 20.8. The number of aliphatic carboxylic acids is 1. The molecule has 1 aromatic carbocycles. The molecule has 0 aromatic heterocycles. The minimum atomic E-state index is -0.793. The Bertz CT molecular complexity index is 585. The van der Waals surface area contributed by atoms with Crippen molar-refractivity contribution in [2.24, 2.45) is 0 Å². The van der Waals surface area contributed by atoms with Crippen molar-refractivity contribution in [3.63, 3.8) is 0 Å². The second kappa shape index (κ2) is 9.59. The van der Waals surface area contributed by atoms with E-state index in [1.54, 1.807) is 0 Å². The van der Waals surface area contributed by atoms with E-state index in [-0.39, 0.29) is 29.8 Å². The molecule has 0 spiro atoms. The summed E-state index contributed by atoms with van der Waals surface area (Å²) in [6, 6.07) is 4.01. The Hall–Kier alpha value is -1.55. The number of unbranched alkanes of at least 4 members (excludes halogenated alkanes) is 3. The molecule has 154 valence electrons. The van der Waals surface area contributed by atoms with Crippen molar-refractivity contribution in [2.75, 3.05) is 6.61 Å². The highest BCUT2D eigenvalue weighted by molar-refractivity contribution is 5.68. The van der Waals surface area contributed by atoms with Gasteiger partial charge in [0.15, 0.2) is 0 Å². The van der Waals surface area contributed by atoms with E-state index in [1.165, 1.54) is 0 Å². The van der Waals surface area contributed by atoms with Crippen molar-refractivity contribution in [3.8, 4) is 5.75 Å². The number of carbonyl (C=O) groups is 1. The largest absolute Gasteiger partial charge is 0.507 e. The molecule has 0 saturated carbocycles. The number of hydrogen-bond acceptors (Lipinski definition) is 3. The summed E-state index contributed by atoms with van der Waals surface area (Å²) in [4.78, 5) is 11.5. The third-order valence-electron chi connectivity index (χ3n) is 5.10. The fourth-order valence-corrected chi connectivity index (χ4v) is 3.49. The van der Waals surface area contributed by atoms with Gasteiger partial charge in [0.25, 0.3) is 0 Å². The van der Waals surface area contributed by atoms with Gasteiger partial charge in [-0.1, -0.05) is 72.9 Å². The third-order valence-corrected chi connectivity index (χ3v) is 5.10. The number of aliphatic hydroxyl groups excluding tert-OH is 1. The second-order valence-electron chi connectivity index (χ2n) is 9.69. The van der Waals surface area contributed by atoms with Crippen LogP contribution in [0, 0.1) is 0 Å². The normalized spacial score (nSPS) is 13.6. The summed E-state index contributed by atoms with van der Waals surface area (Å²) < 4.78 is 0. The lowest BCUT2D eigenvalue weighted by Crippen LogP contribution is -2.19. The van der Waals surface area contributed by atoms with Crippen LogP contribution in [-0.4, -0.2) is 27.9 Å². The fraction of sp³-hybridized carbons (Fsp3) is 0.696. The minimum Gasteiger partial charge on any atom is -0.507 e. The molecule has 4 nitrogen and oxygen atoms in total. The van der Waals surface area contributed by atoms with E-state index in [1.807, 2.05) is 12.1 Å². The van der Waals surface area contributed by atoms with Gasteiger partial charge in [-0.05, 0) is 46.3 Å². The van der Waals surface area contributed by atoms with Crippen molar-refractivity contribution in [1.82, 2.24) is 0 Å². The number of aromatic hydroxyl groups is 1. The molecule has 1 aromatic rings. The number of carboxylic acids is 1. The van der Waals surface area contributed by atoms with Gasteiger partial charge in [-0.25, -0.2) is 0 Å². The first-order valence-corrected chi connectivity index (χ1v) is 10.1. The predicted molar refractivity (Wildman–Crippen MR) is 111 cm³/mol. The molecule has 1 unspecified atom stereocenters. The Morgan fingerprint density at radius 2 is 1.41 bits per heavy atom. The number of carboxylic acid groups (broad SMARTS) is 1. The van der Waals surface area contributed by atoms with E-state index in [0.717, 1.165) is 48.8 Å². The fourth-order valence-electron chi connectivity index (χ4n) is 3.49. The first-order valence-electron chi connectivity index (χ1n) is 10.1. The van der Waals surface area contributed by atoms with Gasteiger partial charge >= 0.3 is 5.97 Å². The summed E-state index contributed by atoms with van der Waals surface area (Å²) in [5.41, 5.74) is 2.30. The van der Waals surface area contributed by atoms with Gasteiger partial charge in [-0.3, -0.25) is 4.79 Å². The predicted octanol–water partition coefficient (Wildman–Crippen LogP) is 5.49. The van der Waals surface area contributed by atoms with Crippen LogP contribution in [0.2, 0.25) is 0 Å². The Balaban J connectivity index is 3.28. The van der Waals surface area contributed by atoms with Gasteiger partial charge in [0, 0.05) is 6.61 Å². The van der Waals surface area contributed by atoms with E-state index in [4.69, 9.17) is 5.11 Å². The van der Waals surface area contributed by atoms with Crippen LogP contribution in [0.1, 0.15) is 103 Å². The highest BCUT2D eigenvalue weighted by atomic mass is 16.4. The summed E-state index contributed by atoms with van der Waals surface area (Å²) in [6.07, 6.45) is 4.59. The van der Waals surface area contributed by atoms with Crippen molar-refractivity contribution in [2.45, 2.75) is 96.8 Å². The van der Waals surface area contributed by atoms with Crippen LogP contribution < -0.4 is 0 Å². The molecule has 0 heterocycles. The highest BCUT2D eigenvalue weighted by Gasteiger charge is 2.28.